The second-order valence-corrected chi connectivity index (χ2v) is 6.90. The highest BCUT2D eigenvalue weighted by molar-refractivity contribution is 9.10. The van der Waals surface area contributed by atoms with E-state index in [0.29, 0.717) is 0 Å². The molecule has 0 N–H and O–H groups in total. The van der Waals surface area contributed by atoms with Crippen molar-refractivity contribution < 1.29 is 4.39 Å². The normalized spacial score (nSPS) is 11.6. The van der Waals surface area contributed by atoms with E-state index < -0.39 is 0 Å². The van der Waals surface area contributed by atoms with Crippen molar-refractivity contribution >= 4 is 47.8 Å². The molecule has 2 aromatic carbocycles. The van der Waals surface area contributed by atoms with E-state index in [9.17, 15) is 4.39 Å². The largest absolute Gasteiger partial charge is 0.207 e. The number of benzene rings is 2. The molecule has 0 saturated carbocycles. The molecular formula is C16H14Br3F. The van der Waals surface area contributed by atoms with Gasteiger partial charge in [0.1, 0.15) is 5.82 Å². The smallest absolute Gasteiger partial charge is 0.123 e. The van der Waals surface area contributed by atoms with Gasteiger partial charge in [0.15, 0.2) is 0 Å². The van der Waals surface area contributed by atoms with Gasteiger partial charge in [0.25, 0.3) is 0 Å². The average molecular weight is 465 g/mol. The Morgan fingerprint density at radius 1 is 0.950 bits per heavy atom. The molecule has 2 aromatic rings. The fourth-order valence-corrected chi connectivity index (χ4v) is 4.65. The van der Waals surface area contributed by atoms with E-state index in [2.05, 4.69) is 59.9 Å². The molecule has 20 heavy (non-hydrogen) atoms. The third-order valence-electron chi connectivity index (χ3n) is 3.40. The summed E-state index contributed by atoms with van der Waals surface area (Å²) in [5.74, 6) is -0.200. The summed E-state index contributed by atoms with van der Waals surface area (Å²) in [7, 11) is 0. The number of halogens is 4. The Balaban J connectivity index is 2.36. The van der Waals surface area contributed by atoms with Gasteiger partial charge in [-0.1, -0.05) is 72.1 Å². The molecule has 0 fully saturated rings. The lowest BCUT2D eigenvalue weighted by Crippen LogP contribution is -2.33. The summed E-state index contributed by atoms with van der Waals surface area (Å²) < 4.78 is 14.2. The Hall–Kier alpha value is -0.190. The third-order valence-corrected chi connectivity index (χ3v) is 6.04. The van der Waals surface area contributed by atoms with Crippen molar-refractivity contribution in [2.24, 2.45) is 0 Å². The molecule has 0 aliphatic rings. The predicted octanol–water partition coefficient (Wildman–Crippen LogP) is 5.86. The lowest BCUT2D eigenvalue weighted by atomic mass is 9.79. The minimum absolute atomic E-state index is 0.0888. The zero-order chi connectivity index (χ0) is 14.6. The Morgan fingerprint density at radius 3 is 2.15 bits per heavy atom. The van der Waals surface area contributed by atoms with Gasteiger partial charge in [-0.05, 0) is 41.8 Å². The Labute approximate surface area is 144 Å². The molecule has 0 bridgehead atoms. The van der Waals surface area contributed by atoms with Crippen molar-refractivity contribution in [2.45, 2.75) is 11.8 Å². The van der Waals surface area contributed by atoms with Crippen LogP contribution in [-0.4, -0.2) is 10.7 Å². The monoisotopic (exact) mass is 462 g/mol. The summed E-state index contributed by atoms with van der Waals surface area (Å²) in [5, 5.41) is 1.62. The Morgan fingerprint density at radius 2 is 1.60 bits per heavy atom. The topological polar surface area (TPSA) is 0 Å². The molecule has 0 unspecified atom stereocenters. The van der Waals surface area contributed by atoms with Gasteiger partial charge in [0.05, 0.1) is 0 Å². The maximum Gasteiger partial charge on any atom is 0.123 e. The van der Waals surface area contributed by atoms with Crippen molar-refractivity contribution in [3.8, 4) is 0 Å². The maximum atomic E-state index is 13.1. The molecule has 0 aliphatic carbocycles. The first-order valence-corrected chi connectivity index (χ1v) is 9.26. The van der Waals surface area contributed by atoms with Gasteiger partial charge in [-0.15, -0.1) is 0 Å². The van der Waals surface area contributed by atoms with Crippen LogP contribution >= 0.6 is 47.8 Å². The molecule has 4 heteroatoms. The molecular weight excluding hydrogens is 451 g/mol. The van der Waals surface area contributed by atoms with Crippen LogP contribution in [0.3, 0.4) is 0 Å². The predicted molar refractivity (Wildman–Crippen MR) is 93.5 cm³/mol. The van der Waals surface area contributed by atoms with Gasteiger partial charge in [-0.2, -0.15) is 0 Å². The third kappa shape index (κ3) is 3.71. The van der Waals surface area contributed by atoms with Crippen LogP contribution < -0.4 is 0 Å². The summed E-state index contributed by atoms with van der Waals surface area (Å²) in [6.45, 7) is 0. The summed E-state index contributed by atoms with van der Waals surface area (Å²) in [4.78, 5) is 0. The van der Waals surface area contributed by atoms with E-state index in [1.807, 2.05) is 24.3 Å². The molecule has 0 nitrogen and oxygen atoms in total. The van der Waals surface area contributed by atoms with E-state index in [-0.39, 0.29) is 11.2 Å². The van der Waals surface area contributed by atoms with Gasteiger partial charge in [-0.3, -0.25) is 0 Å². The first-order valence-electron chi connectivity index (χ1n) is 6.22. The first kappa shape index (κ1) is 16.2. The van der Waals surface area contributed by atoms with E-state index in [1.54, 1.807) is 0 Å². The molecule has 0 radical (unpaired) electrons. The Bertz CT molecular complexity index is 562. The summed E-state index contributed by atoms with van der Waals surface area (Å²) >= 11 is 10.8. The molecule has 0 saturated heterocycles. The SMILES string of the molecule is Fc1ccc(C(CBr)(CBr)Cc2cccc(Br)c2)cc1. The standard InChI is InChI=1S/C16H14Br3F/c17-10-16(11-18,13-4-6-15(20)7-5-13)9-12-2-1-3-14(19)8-12/h1-8H,9-11H2. The summed E-state index contributed by atoms with van der Waals surface area (Å²) in [6.07, 6.45) is 0.884. The van der Waals surface area contributed by atoms with E-state index in [1.165, 1.54) is 17.7 Å². The fourth-order valence-electron chi connectivity index (χ4n) is 2.23. The van der Waals surface area contributed by atoms with E-state index in [4.69, 9.17) is 0 Å². The fraction of sp³-hybridized carbons (Fsp3) is 0.250. The molecule has 0 heterocycles. The van der Waals surface area contributed by atoms with Crippen molar-refractivity contribution in [2.75, 3.05) is 10.7 Å². The average Bonchev–Trinajstić information content (AvgIpc) is 2.46. The number of rotatable bonds is 5. The van der Waals surface area contributed by atoms with Crippen LogP contribution in [0.2, 0.25) is 0 Å². The Kier molecular flexibility index (Phi) is 5.82. The van der Waals surface area contributed by atoms with Crippen molar-refractivity contribution in [1.82, 2.24) is 0 Å². The van der Waals surface area contributed by atoms with Crippen molar-refractivity contribution in [3.63, 3.8) is 0 Å². The van der Waals surface area contributed by atoms with Crippen LogP contribution in [0.5, 0.6) is 0 Å². The van der Waals surface area contributed by atoms with E-state index in [0.717, 1.165) is 27.1 Å². The molecule has 0 aromatic heterocycles. The van der Waals surface area contributed by atoms with Gasteiger partial charge in [-0.25, -0.2) is 4.39 Å². The van der Waals surface area contributed by atoms with Gasteiger partial charge < -0.3 is 0 Å². The number of alkyl halides is 2. The van der Waals surface area contributed by atoms with Crippen molar-refractivity contribution in [1.29, 1.82) is 0 Å². The summed E-state index contributed by atoms with van der Waals surface area (Å²) in [6, 6.07) is 15.1. The first-order chi connectivity index (χ1) is 9.59. The molecule has 0 atom stereocenters. The molecule has 106 valence electrons. The highest BCUT2D eigenvalue weighted by Gasteiger charge is 2.30. The minimum Gasteiger partial charge on any atom is -0.207 e. The number of hydrogen-bond acceptors (Lipinski definition) is 0. The minimum atomic E-state index is -0.200. The quantitative estimate of drug-likeness (QED) is 0.486. The zero-order valence-corrected chi connectivity index (χ0v) is 15.5. The zero-order valence-electron chi connectivity index (χ0n) is 10.8. The van der Waals surface area contributed by atoms with Crippen LogP contribution in [0.25, 0.3) is 0 Å². The summed E-state index contributed by atoms with van der Waals surface area (Å²) in [5.41, 5.74) is 2.30. The van der Waals surface area contributed by atoms with E-state index >= 15 is 0 Å². The van der Waals surface area contributed by atoms with Gasteiger partial charge in [0.2, 0.25) is 0 Å². The molecule has 0 spiro atoms. The van der Waals surface area contributed by atoms with Crippen LogP contribution in [-0.2, 0) is 11.8 Å². The highest BCUT2D eigenvalue weighted by Crippen LogP contribution is 2.33. The van der Waals surface area contributed by atoms with Crippen molar-refractivity contribution in [3.05, 3.63) is 69.9 Å². The number of hydrogen-bond donors (Lipinski definition) is 0. The van der Waals surface area contributed by atoms with Crippen LogP contribution in [0.4, 0.5) is 4.39 Å². The van der Waals surface area contributed by atoms with Gasteiger partial charge >= 0.3 is 0 Å². The highest BCUT2D eigenvalue weighted by atomic mass is 79.9. The van der Waals surface area contributed by atoms with Crippen LogP contribution in [0.1, 0.15) is 11.1 Å². The molecule has 2 rings (SSSR count). The second-order valence-electron chi connectivity index (χ2n) is 4.86. The molecule has 0 amide bonds. The lowest BCUT2D eigenvalue weighted by Gasteiger charge is -2.31. The van der Waals surface area contributed by atoms with Crippen LogP contribution in [0, 0.1) is 5.82 Å². The maximum absolute atomic E-state index is 13.1. The van der Waals surface area contributed by atoms with Gasteiger partial charge in [0, 0.05) is 20.5 Å². The second kappa shape index (κ2) is 7.19. The lowest BCUT2D eigenvalue weighted by molar-refractivity contribution is 0.547. The van der Waals surface area contributed by atoms with Crippen LogP contribution in [0.15, 0.2) is 53.0 Å². The molecule has 0 aliphatic heterocycles.